The molecular weight excluding hydrogens is 604 g/mol. The first-order chi connectivity index (χ1) is 21.8. The average Bonchev–Trinajstić information content (AvgIpc) is 3.56. The topological polar surface area (TPSA) is 169 Å². The molecule has 14 nitrogen and oxygen atoms in total. The summed E-state index contributed by atoms with van der Waals surface area (Å²) in [7, 11) is 3.63. The predicted molar refractivity (Wildman–Crippen MR) is 173 cm³/mol. The maximum absolute atomic E-state index is 12.0. The lowest BCUT2D eigenvalue weighted by molar-refractivity contribution is -0.124. The number of amides is 5. The van der Waals surface area contributed by atoms with Gasteiger partial charge in [-0.25, -0.2) is 4.79 Å². The summed E-state index contributed by atoms with van der Waals surface area (Å²) in [4.78, 5) is 52.4. The molecular formula is C30H56N6O8S. The molecule has 0 saturated carbocycles. The molecule has 3 atom stereocenters. The average molecular weight is 661 g/mol. The molecule has 0 aliphatic carbocycles. The van der Waals surface area contributed by atoms with Crippen molar-refractivity contribution in [1.29, 1.82) is 0 Å². The van der Waals surface area contributed by atoms with E-state index in [4.69, 9.17) is 19.0 Å². The van der Waals surface area contributed by atoms with Crippen molar-refractivity contribution in [2.45, 2.75) is 81.5 Å². The van der Waals surface area contributed by atoms with Crippen molar-refractivity contribution < 1.29 is 38.2 Å². The second-order valence-corrected chi connectivity index (χ2v) is 12.6. The van der Waals surface area contributed by atoms with Crippen molar-refractivity contribution in [3.05, 3.63) is 0 Å². The Labute approximate surface area is 272 Å². The van der Waals surface area contributed by atoms with Crippen LogP contribution in [0, 0.1) is 0 Å². The number of hydrogen-bond donors (Lipinski definition) is 5. The summed E-state index contributed by atoms with van der Waals surface area (Å²) in [5.41, 5.74) is 0. The van der Waals surface area contributed by atoms with Crippen molar-refractivity contribution in [2.24, 2.45) is 0 Å². The number of carbonyl (C=O) groups is 4. The lowest BCUT2D eigenvalue weighted by atomic mass is 10.0. The summed E-state index contributed by atoms with van der Waals surface area (Å²) in [6.07, 6.45) is 6.76. The van der Waals surface area contributed by atoms with Crippen molar-refractivity contribution in [3.8, 4) is 0 Å². The van der Waals surface area contributed by atoms with Crippen LogP contribution in [0.2, 0.25) is 0 Å². The number of thioether (sulfide) groups is 1. The fraction of sp³-hybridized carbons (Fsp3) is 0.867. The molecule has 0 aromatic rings. The smallest absolute Gasteiger partial charge is 0.315 e. The van der Waals surface area contributed by atoms with Crippen molar-refractivity contribution >= 4 is 35.5 Å². The fourth-order valence-electron chi connectivity index (χ4n) is 4.84. The van der Waals surface area contributed by atoms with E-state index in [0.29, 0.717) is 103 Å². The van der Waals surface area contributed by atoms with Gasteiger partial charge >= 0.3 is 6.03 Å². The van der Waals surface area contributed by atoms with E-state index in [1.807, 2.05) is 25.9 Å². The molecule has 0 aromatic heterocycles. The molecule has 2 aliphatic heterocycles. The molecule has 0 spiro atoms. The Morgan fingerprint density at radius 3 is 1.78 bits per heavy atom. The minimum Gasteiger partial charge on any atom is -0.379 e. The largest absolute Gasteiger partial charge is 0.379 e. The second-order valence-electron chi connectivity index (χ2n) is 11.3. The van der Waals surface area contributed by atoms with Crippen LogP contribution in [0.4, 0.5) is 4.79 Å². The molecule has 0 radical (unpaired) electrons. The van der Waals surface area contributed by atoms with Crippen molar-refractivity contribution in [1.82, 2.24) is 31.6 Å². The monoisotopic (exact) mass is 660 g/mol. The third kappa shape index (κ3) is 19.8. The highest BCUT2D eigenvalue weighted by Gasteiger charge is 2.42. The van der Waals surface area contributed by atoms with E-state index in [2.05, 4.69) is 26.6 Å². The minimum absolute atomic E-state index is 0.0493. The number of nitrogens with one attached hydrogen (secondary N) is 5. The number of urea groups is 1. The molecule has 5 amide bonds. The van der Waals surface area contributed by atoms with Crippen LogP contribution in [0.15, 0.2) is 0 Å². The van der Waals surface area contributed by atoms with Gasteiger partial charge in [-0.1, -0.05) is 6.42 Å². The van der Waals surface area contributed by atoms with E-state index in [0.717, 1.165) is 37.9 Å². The molecule has 2 fully saturated rings. The second kappa shape index (κ2) is 25.0. The molecule has 15 heteroatoms. The Kier molecular flexibility index (Phi) is 21.7. The summed E-state index contributed by atoms with van der Waals surface area (Å²) < 4.78 is 16.6. The fourth-order valence-corrected chi connectivity index (χ4v) is 6.39. The quantitative estimate of drug-likeness (QED) is 0.0463. The lowest BCUT2D eigenvalue weighted by Gasteiger charge is -2.16. The summed E-state index contributed by atoms with van der Waals surface area (Å²) in [6.45, 7) is 5.26. The van der Waals surface area contributed by atoms with E-state index >= 15 is 0 Å². The van der Waals surface area contributed by atoms with Crippen LogP contribution < -0.4 is 26.6 Å². The molecule has 0 bridgehead atoms. The van der Waals surface area contributed by atoms with E-state index in [1.54, 1.807) is 5.06 Å². The zero-order chi connectivity index (χ0) is 32.5. The lowest BCUT2D eigenvalue weighted by Crippen LogP contribution is -2.36. The zero-order valence-corrected chi connectivity index (χ0v) is 28.0. The van der Waals surface area contributed by atoms with Gasteiger partial charge in [-0.05, 0) is 38.5 Å². The van der Waals surface area contributed by atoms with Crippen LogP contribution in [-0.2, 0) is 33.4 Å². The molecule has 2 aliphatic rings. The maximum atomic E-state index is 12.0. The van der Waals surface area contributed by atoms with Crippen molar-refractivity contribution in [2.75, 3.05) is 85.7 Å². The standard InChI is InChI=1S/C30H56N6O8S/c1-36(2)44-18-8-15-33-28(39)12-5-11-27(38)32-14-7-17-42-20-22-43-21-19-41-16-6-13-31-26(37)10-4-3-9-25-29-24(23-45-25)34-30(40)35-29/h24-25,29H,3-23H2,1-2H3,(H,31,37)(H,32,38)(H,33,39)(H2,34,35,40)/t24-,25-,29-/m0/s1. The van der Waals surface area contributed by atoms with Crippen LogP contribution in [-0.4, -0.2) is 132 Å². The van der Waals surface area contributed by atoms with Gasteiger partial charge in [0.1, 0.15) is 0 Å². The zero-order valence-electron chi connectivity index (χ0n) is 27.2. The highest BCUT2D eigenvalue weighted by molar-refractivity contribution is 8.00. The Morgan fingerprint density at radius 2 is 1.22 bits per heavy atom. The van der Waals surface area contributed by atoms with Crippen LogP contribution in [0.5, 0.6) is 0 Å². The molecule has 2 rings (SSSR count). The van der Waals surface area contributed by atoms with Gasteiger partial charge < -0.3 is 40.8 Å². The normalized spacial score (nSPS) is 18.8. The number of hydroxylamine groups is 2. The molecule has 2 saturated heterocycles. The molecule has 0 aromatic carbocycles. The SMILES string of the molecule is CN(C)OCCCNC(=O)CCCC(=O)NCCCOCCOCCOCCCNC(=O)CCCC[C@@H]1SC[C@@H]2NC(=O)N[C@@H]21. The number of unbranched alkanes of at least 4 members (excludes halogenated alkanes) is 1. The van der Waals surface area contributed by atoms with Gasteiger partial charge in [-0.2, -0.15) is 16.8 Å². The van der Waals surface area contributed by atoms with E-state index in [-0.39, 0.29) is 35.8 Å². The number of ether oxygens (including phenoxy) is 3. The van der Waals surface area contributed by atoms with Crippen LogP contribution >= 0.6 is 11.8 Å². The number of carbonyl (C=O) groups excluding carboxylic acids is 4. The Bertz CT molecular complexity index is 855. The van der Waals surface area contributed by atoms with E-state index < -0.39 is 0 Å². The third-order valence-corrected chi connectivity index (χ3v) is 8.71. The Balaban J connectivity index is 1.24. The first-order valence-corrected chi connectivity index (χ1v) is 17.4. The number of hydrogen-bond acceptors (Lipinski definition) is 10. The first-order valence-electron chi connectivity index (χ1n) is 16.4. The summed E-state index contributed by atoms with van der Waals surface area (Å²) in [5, 5.41) is 16.6. The molecule has 260 valence electrons. The van der Waals surface area contributed by atoms with Gasteiger partial charge in [0.2, 0.25) is 17.7 Å². The van der Waals surface area contributed by atoms with E-state index in [9.17, 15) is 19.2 Å². The van der Waals surface area contributed by atoms with Crippen molar-refractivity contribution in [3.63, 3.8) is 0 Å². The Morgan fingerprint density at radius 1 is 0.711 bits per heavy atom. The van der Waals surface area contributed by atoms with E-state index in [1.165, 1.54) is 0 Å². The molecule has 2 heterocycles. The Hall–Kier alpha value is -2.17. The van der Waals surface area contributed by atoms with Gasteiger partial charge in [0.05, 0.1) is 45.1 Å². The summed E-state index contributed by atoms with van der Waals surface area (Å²) in [5.74, 6) is 0.926. The van der Waals surface area contributed by atoms with Gasteiger partial charge in [0, 0.05) is 77.2 Å². The molecule has 5 N–H and O–H groups in total. The number of rotatable bonds is 28. The highest BCUT2D eigenvalue weighted by Crippen LogP contribution is 2.33. The number of fused-ring (bicyclic) bond motifs is 1. The predicted octanol–water partition coefficient (Wildman–Crippen LogP) is 0.944. The highest BCUT2D eigenvalue weighted by atomic mass is 32.2. The van der Waals surface area contributed by atoms with Gasteiger partial charge in [0.15, 0.2) is 0 Å². The summed E-state index contributed by atoms with van der Waals surface area (Å²) >= 11 is 1.90. The van der Waals surface area contributed by atoms with Crippen LogP contribution in [0.25, 0.3) is 0 Å². The molecule has 0 unspecified atom stereocenters. The third-order valence-electron chi connectivity index (χ3n) is 7.20. The number of nitrogens with zero attached hydrogens (tertiary/aromatic N) is 1. The summed E-state index contributed by atoms with van der Waals surface area (Å²) in [6, 6.07) is 0.413. The minimum atomic E-state index is -0.0598. The van der Waals surface area contributed by atoms with Gasteiger partial charge in [0.25, 0.3) is 0 Å². The first kappa shape index (κ1) is 39.0. The van der Waals surface area contributed by atoms with Crippen LogP contribution in [0.3, 0.4) is 0 Å². The van der Waals surface area contributed by atoms with Crippen LogP contribution in [0.1, 0.15) is 64.2 Å². The maximum Gasteiger partial charge on any atom is 0.315 e. The van der Waals surface area contributed by atoms with Gasteiger partial charge in [-0.3, -0.25) is 19.2 Å². The van der Waals surface area contributed by atoms with Gasteiger partial charge in [-0.15, -0.1) is 0 Å². The molecule has 45 heavy (non-hydrogen) atoms.